The molecule has 1 aliphatic heterocycles. The number of rotatable bonds is 2. The first-order valence-corrected chi connectivity index (χ1v) is 5.67. The van der Waals surface area contributed by atoms with Crippen molar-refractivity contribution < 1.29 is 9.47 Å². The van der Waals surface area contributed by atoms with Gasteiger partial charge in [0.25, 0.3) is 0 Å². The third-order valence-corrected chi connectivity index (χ3v) is 3.11. The minimum atomic E-state index is -0.679. The van der Waals surface area contributed by atoms with E-state index in [0.29, 0.717) is 23.3 Å². The molecule has 1 fully saturated rings. The van der Waals surface area contributed by atoms with Gasteiger partial charge >= 0.3 is 0 Å². The van der Waals surface area contributed by atoms with E-state index in [1.807, 2.05) is 13.0 Å². The van der Waals surface area contributed by atoms with E-state index in [1.54, 1.807) is 12.1 Å². The zero-order valence-corrected chi connectivity index (χ0v) is 9.94. The Morgan fingerprint density at radius 3 is 2.47 bits per heavy atom. The molecule has 1 aliphatic rings. The van der Waals surface area contributed by atoms with Crippen LogP contribution < -0.4 is 0 Å². The highest BCUT2D eigenvalue weighted by Crippen LogP contribution is 2.39. The molecule has 4 heteroatoms. The maximum absolute atomic E-state index is 6.13. The van der Waals surface area contributed by atoms with Crippen molar-refractivity contribution in [2.75, 3.05) is 13.2 Å². The van der Waals surface area contributed by atoms with E-state index < -0.39 is 5.79 Å². The minimum Gasteiger partial charge on any atom is -0.343 e. The first kappa shape index (κ1) is 11.2. The topological polar surface area (TPSA) is 18.5 Å². The van der Waals surface area contributed by atoms with Crippen LogP contribution in [-0.2, 0) is 15.3 Å². The molecule has 0 N–H and O–H groups in total. The van der Waals surface area contributed by atoms with Crippen molar-refractivity contribution in [1.82, 2.24) is 0 Å². The highest BCUT2D eigenvalue weighted by Gasteiger charge is 2.38. The minimum absolute atomic E-state index is 0.589. The Bertz CT molecular complexity index is 360. The monoisotopic (exact) mass is 246 g/mol. The van der Waals surface area contributed by atoms with Gasteiger partial charge in [0.2, 0.25) is 0 Å². The largest absolute Gasteiger partial charge is 0.343 e. The first-order valence-electron chi connectivity index (χ1n) is 4.91. The van der Waals surface area contributed by atoms with Gasteiger partial charge in [-0.05, 0) is 12.1 Å². The molecule has 2 nitrogen and oxygen atoms in total. The quantitative estimate of drug-likeness (QED) is 0.794. The summed E-state index contributed by atoms with van der Waals surface area (Å²) in [4.78, 5) is 0. The number of ether oxygens (including phenoxy) is 2. The summed E-state index contributed by atoms with van der Waals surface area (Å²) in [6, 6.07) is 5.37. The van der Waals surface area contributed by atoms with Crippen molar-refractivity contribution in [2.45, 2.75) is 19.1 Å². The fourth-order valence-corrected chi connectivity index (χ4v) is 2.36. The molecule has 0 radical (unpaired) electrons. The number of halogens is 2. The lowest BCUT2D eigenvalue weighted by atomic mass is 10.0. The zero-order valence-electron chi connectivity index (χ0n) is 8.43. The summed E-state index contributed by atoms with van der Waals surface area (Å²) in [5.74, 6) is -0.679. The van der Waals surface area contributed by atoms with Gasteiger partial charge in [-0.15, -0.1) is 0 Å². The second-order valence-electron chi connectivity index (χ2n) is 3.43. The van der Waals surface area contributed by atoms with Gasteiger partial charge in [0.15, 0.2) is 5.79 Å². The molecule has 0 amide bonds. The summed E-state index contributed by atoms with van der Waals surface area (Å²) in [5, 5.41) is 1.21. The maximum Gasteiger partial charge on any atom is 0.196 e. The molecular weight excluding hydrogens is 235 g/mol. The molecule has 0 spiro atoms. The lowest BCUT2D eigenvalue weighted by Crippen LogP contribution is -2.26. The summed E-state index contributed by atoms with van der Waals surface area (Å²) >= 11 is 12.0. The van der Waals surface area contributed by atoms with Crippen LogP contribution in [0.5, 0.6) is 0 Å². The molecule has 1 aromatic carbocycles. The molecule has 2 rings (SSSR count). The van der Waals surface area contributed by atoms with Crippen molar-refractivity contribution in [1.29, 1.82) is 0 Å². The van der Waals surface area contributed by atoms with Crippen LogP contribution in [0.2, 0.25) is 10.0 Å². The van der Waals surface area contributed by atoms with Crippen LogP contribution in [0.1, 0.15) is 18.9 Å². The normalized spacial score (nSPS) is 19.4. The molecule has 0 unspecified atom stereocenters. The van der Waals surface area contributed by atoms with Gasteiger partial charge in [-0.25, -0.2) is 0 Å². The second-order valence-corrected chi connectivity index (χ2v) is 4.27. The molecule has 1 heterocycles. The molecule has 1 saturated heterocycles. The second kappa shape index (κ2) is 4.30. The van der Waals surface area contributed by atoms with Crippen molar-refractivity contribution in [2.24, 2.45) is 0 Å². The van der Waals surface area contributed by atoms with Gasteiger partial charge in [-0.1, -0.05) is 36.2 Å². The fraction of sp³-hybridized carbons (Fsp3) is 0.455. The summed E-state index contributed by atoms with van der Waals surface area (Å²) in [5.41, 5.74) is 0.855. The molecule has 1 aromatic rings. The van der Waals surface area contributed by atoms with Crippen molar-refractivity contribution in [3.8, 4) is 0 Å². The van der Waals surface area contributed by atoms with Crippen LogP contribution >= 0.6 is 23.2 Å². The van der Waals surface area contributed by atoms with E-state index in [4.69, 9.17) is 32.7 Å². The molecular formula is C11H12Cl2O2. The third kappa shape index (κ3) is 2.00. The summed E-state index contributed by atoms with van der Waals surface area (Å²) < 4.78 is 11.3. The molecule has 82 valence electrons. The van der Waals surface area contributed by atoms with Gasteiger partial charge in [0.1, 0.15) is 0 Å². The van der Waals surface area contributed by atoms with Gasteiger partial charge in [-0.2, -0.15) is 0 Å². The maximum atomic E-state index is 6.13. The smallest absolute Gasteiger partial charge is 0.196 e. The first-order chi connectivity index (χ1) is 7.18. The summed E-state index contributed by atoms with van der Waals surface area (Å²) in [6.07, 6.45) is 0.731. The van der Waals surface area contributed by atoms with E-state index in [0.717, 1.165) is 12.0 Å². The lowest BCUT2D eigenvalue weighted by molar-refractivity contribution is -0.167. The van der Waals surface area contributed by atoms with Crippen LogP contribution in [0.25, 0.3) is 0 Å². The van der Waals surface area contributed by atoms with E-state index in [-0.39, 0.29) is 0 Å². The predicted molar refractivity (Wildman–Crippen MR) is 60.3 cm³/mol. The Labute approximate surface area is 99.1 Å². The number of hydrogen-bond donors (Lipinski definition) is 0. The van der Waals surface area contributed by atoms with Gasteiger partial charge in [0, 0.05) is 17.0 Å². The SMILES string of the molecule is CCC1(c2ccc(Cl)cc2Cl)OCCO1. The highest BCUT2D eigenvalue weighted by molar-refractivity contribution is 6.35. The predicted octanol–water partition coefficient (Wildman–Crippen LogP) is 3.60. The average molecular weight is 247 g/mol. The van der Waals surface area contributed by atoms with E-state index >= 15 is 0 Å². The molecule has 0 atom stereocenters. The Kier molecular flexibility index (Phi) is 3.21. The van der Waals surface area contributed by atoms with Crippen molar-refractivity contribution in [3.63, 3.8) is 0 Å². The Morgan fingerprint density at radius 2 is 1.93 bits per heavy atom. The average Bonchev–Trinajstić information content (AvgIpc) is 2.67. The molecule has 0 saturated carbocycles. The highest BCUT2D eigenvalue weighted by atomic mass is 35.5. The van der Waals surface area contributed by atoms with Gasteiger partial charge in [-0.3, -0.25) is 0 Å². The lowest BCUT2D eigenvalue weighted by Gasteiger charge is -2.27. The van der Waals surface area contributed by atoms with Gasteiger partial charge in [0.05, 0.1) is 18.2 Å². The Morgan fingerprint density at radius 1 is 1.27 bits per heavy atom. The van der Waals surface area contributed by atoms with E-state index in [9.17, 15) is 0 Å². The van der Waals surface area contributed by atoms with Crippen molar-refractivity contribution >= 4 is 23.2 Å². The third-order valence-electron chi connectivity index (χ3n) is 2.56. The van der Waals surface area contributed by atoms with Crippen LogP contribution in [0.4, 0.5) is 0 Å². The van der Waals surface area contributed by atoms with Crippen LogP contribution in [-0.4, -0.2) is 13.2 Å². The van der Waals surface area contributed by atoms with Crippen LogP contribution in [0.3, 0.4) is 0 Å². The van der Waals surface area contributed by atoms with Crippen LogP contribution in [0.15, 0.2) is 18.2 Å². The Hall–Kier alpha value is -0.280. The zero-order chi connectivity index (χ0) is 10.9. The molecule has 15 heavy (non-hydrogen) atoms. The van der Waals surface area contributed by atoms with Gasteiger partial charge < -0.3 is 9.47 Å². The summed E-state index contributed by atoms with van der Waals surface area (Å²) in [6.45, 7) is 3.22. The molecule has 0 bridgehead atoms. The molecule has 0 aromatic heterocycles. The molecule has 0 aliphatic carbocycles. The van der Waals surface area contributed by atoms with E-state index in [2.05, 4.69) is 0 Å². The van der Waals surface area contributed by atoms with Crippen molar-refractivity contribution in [3.05, 3.63) is 33.8 Å². The van der Waals surface area contributed by atoms with E-state index in [1.165, 1.54) is 0 Å². The van der Waals surface area contributed by atoms with Crippen LogP contribution in [0, 0.1) is 0 Å². The summed E-state index contributed by atoms with van der Waals surface area (Å²) in [7, 11) is 0. The Balaban J connectivity index is 2.42. The standard InChI is InChI=1S/C11H12Cl2O2/c1-2-11(14-5-6-15-11)9-4-3-8(12)7-10(9)13/h3-4,7H,2,5-6H2,1H3. The number of benzene rings is 1. The number of hydrogen-bond acceptors (Lipinski definition) is 2. The fourth-order valence-electron chi connectivity index (χ4n) is 1.80.